The highest BCUT2D eigenvalue weighted by Gasteiger charge is 2.40. The molecule has 0 aromatic heterocycles. The van der Waals surface area contributed by atoms with E-state index in [1.165, 1.54) is 0 Å². The van der Waals surface area contributed by atoms with Gasteiger partial charge in [0, 0.05) is 0 Å². The van der Waals surface area contributed by atoms with Gasteiger partial charge in [0.25, 0.3) is 0 Å². The summed E-state index contributed by atoms with van der Waals surface area (Å²) in [5.41, 5.74) is 2.70. The fraction of sp³-hybridized carbons (Fsp3) is 0.154. The van der Waals surface area contributed by atoms with Crippen molar-refractivity contribution in [2.24, 2.45) is 5.92 Å². The minimum Gasteiger partial charge on any atom is -0.481 e. The summed E-state index contributed by atoms with van der Waals surface area (Å²) in [5.74, 6) is -2.21. The van der Waals surface area contributed by atoms with E-state index in [1.807, 2.05) is 115 Å². The highest BCUT2D eigenvalue weighted by molar-refractivity contribution is 6.02. The first-order chi connectivity index (χ1) is 21.1. The van der Waals surface area contributed by atoms with Crippen LogP contribution >= 0.6 is 0 Å². The molecule has 0 aliphatic rings. The molecule has 43 heavy (non-hydrogen) atoms. The quantitative estimate of drug-likeness (QED) is 0.123. The summed E-state index contributed by atoms with van der Waals surface area (Å²) < 4.78 is 6.78. The molecular formula is C39H34O4. The monoisotopic (exact) mass is 566 g/mol. The summed E-state index contributed by atoms with van der Waals surface area (Å²) in [5, 5.41) is 26.3. The van der Waals surface area contributed by atoms with E-state index in [2.05, 4.69) is 30.3 Å². The minimum atomic E-state index is -1.13. The van der Waals surface area contributed by atoms with Gasteiger partial charge in [-0.15, -0.1) is 0 Å². The van der Waals surface area contributed by atoms with Crippen LogP contribution < -0.4 is 0 Å². The van der Waals surface area contributed by atoms with Gasteiger partial charge >= 0.3 is 5.97 Å². The molecule has 4 heteroatoms. The van der Waals surface area contributed by atoms with Gasteiger partial charge < -0.3 is 14.9 Å². The number of aryl methyl sites for hydroxylation is 1. The van der Waals surface area contributed by atoms with Gasteiger partial charge in [-0.3, -0.25) is 4.79 Å². The Balaban J connectivity index is 1.33. The average Bonchev–Trinajstić information content (AvgIpc) is 3.06. The van der Waals surface area contributed by atoms with Crippen molar-refractivity contribution in [3.05, 3.63) is 168 Å². The lowest BCUT2D eigenvalue weighted by molar-refractivity contribution is -0.151. The van der Waals surface area contributed by atoms with Crippen molar-refractivity contribution in [1.29, 1.82) is 0 Å². The molecule has 0 aliphatic carbocycles. The van der Waals surface area contributed by atoms with E-state index < -0.39 is 23.6 Å². The number of carboxylic acid groups (broad SMARTS) is 1. The molecule has 0 aliphatic heterocycles. The number of hydrogen-bond acceptors (Lipinski definition) is 3. The Morgan fingerprint density at radius 3 is 1.49 bits per heavy atom. The molecule has 6 rings (SSSR count). The van der Waals surface area contributed by atoms with Crippen molar-refractivity contribution in [3.8, 4) is 0 Å². The fourth-order valence-electron chi connectivity index (χ4n) is 6.20. The number of ether oxygens (including phenoxy) is 1. The van der Waals surface area contributed by atoms with Crippen LogP contribution in [0.1, 0.15) is 28.7 Å². The third-order valence-corrected chi connectivity index (χ3v) is 8.37. The zero-order chi connectivity index (χ0) is 29.6. The number of rotatable bonds is 11. The number of aliphatic hydroxyl groups excluding tert-OH is 1. The standard InChI is InChI=1S/C39H34O4/c40-37(25-24-35-33-22-12-10-14-28(33)26-29-15-11-13-23-34(29)35)36(38(41)42)27-43-39(30-16-4-1-5-17-30,31-18-6-2-7-19-31)32-20-8-3-9-21-32/h1-23,26,36-37,40H,24-25,27H2,(H,41,42)/t36-,37-/m0/s1. The molecule has 6 aromatic carbocycles. The summed E-state index contributed by atoms with van der Waals surface area (Å²) in [4.78, 5) is 12.7. The third kappa shape index (κ3) is 5.68. The van der Waals surface area contributed by atoms with E-state index in [4.69, 9.17) is 4.74 Å². The van der Waals surface area contributed by atoms with Crippen molar-refractivity contribution in [2.45, 2.75) is 24.5 Å². The van der Waals surface area contributed by atoms with Crippen LogP contribution in [0.5, 0.6) is 0 Å². The zero-order valence-electron chi connectivity index (χ0n) is 23.8. The predicted octanol–water partition coefficient (Wildman–Crippen LogP) is 8.00. The van der Waals surface area contributed by atoms with E-state index in [0.29, 0.717) is 6.42 Å². The lowest BCUT2D eigenvalue weighted by Crippen LogP contribution is -2.39. The summed E-state index contributed by atoms with van der Waals surface area (Å²) in [6.45, 7) is -0.175. The topological polar surface area (TPSA) is 66.8 Å². The van der Waals surface area contributed by atoms with Gasteiger partial charge in [0.2, 0.25) is 0 Å². The Hall–Kier alpha value is -4.77. The van der Waals surface area contributed by atoms with Crippen LogP contribution in [-0.4, -0.2) is 28.9 Å². The number of carboxylic acids is 1. The highest BCUT2D eigenvalue weighted by Crippen LogP contribution is 2.41. The Kier molecular flexibility index (Phi) is 8.32. The Morgan fingerprint density at radius 1 is 0.628 bits per heavy atom. The average molecular weight is 567 g/mol. The molecular weight excluding hydrogens is 532 g/mol. The molecule has 6 aromatic rings. The van der Waals surface area contributed by atoms with Gasteiger partial charge in [-0.25, -0.2) is 0 Å². The van der Waals surface area contributed by atoms with Gasteiger partial charge in [-0.1, -0.05) is 140 Å². The lowest BCUT2D eigenvalue weighted by Gasteiger charge is -2.37. The number of fused-ring (bicyclic) bond motifs is 2. The number of carbonyl (C=O) groups is 1. The summed E-state index contributed by atoms with van der Waals surface area (Å²) in [7, 11) is 0. The van der Waals surface area contributed by atoms with Crippen molar-refractivity contribution in [1.82, 2.24) is 0 Å². The molecule has 0 saturated carbocycles. The minimum absolute atomic E-state index is 0.175. The maximum atomic E-state index is 12.7. The molecule has 4 nitrogen and oxygen atoms in total. The number of aliphatic hydroxyl groups is 1. The normalized spacial score (nSPS) is 13.1. The molecule has 214 valence electrons. The maximum Gasteiger partial charge on any atom is 0.311 e. The first-order valence-corrected chi connectivity index (χ1v) is 14.7. The van der Waals surface area contributed by atoms with Crippen LogP contribution in [0.15, 0.2) is 146 Å². The first kappa shape index (κ1) is 28.4. The Morgan fingerprint density at radius 2 is 1.05 bits per heavy atom. The fourth-order valence-corrected chi connectivity index (χ4v) is 6.20. The molecule has 0 unspecified atom stereocenters. The van der Waals surface area contributed by atoms with Crippen LogP contribution in [0.3, 0.4) is 0 Å². The first-order valence-electron chi connectivity index (χ1n) is 14.7. The van der Waals surface area contributed by atoms with E-state index in [1.54, 1.807) is 0 Å². The Bertz CT molecular complexity index is 1670. The van der Waals surface area contributed by atoms with Gasteiger partial charge in [0.1, 0.15) is 11.5 Å². The zero-order valence-corrected chi connectivity index (χ0v) is 23.8. The molecule has 0 spiro atoms. The van der Waals surface area contributed by atoms with Gasteiger partial charge in [0.15, 0.2) is 0 Å². The van der Waals surface area contributed by atoms with Crippen molar-refractivity contribution in [2.75, 3.05) is 6.61 Å². The van der Waals surface area contributed by atoms with E-state index in [0.717, 1.165) is 43.8 Å². The van der Waals surface area contributed by atoms with Crippen LogP contribution in [0.2, 0.25) is 0 Å². The number of hydrogen-bond donors (Lipinski definition) is 2. The van der Waals surface area contributed by atoms with Crippen LogP contribution in [0, 0.1) is 5.92 Å². The second-order valence-corrected chi connectivity index (χ2v) is 10.9. The van der Waals surface area contributed by atoms with Crippen LogP contribution in [0.25, 0.3) is 21.5 Å². The smallest absolute Gasteiger partial charge is 0.311 e. The van der Waals surface area contributed by atoms with Crippen LogP contribution in [-0.2, 0) is 21.6 Å². The van der Waals surface area contributed by atoms with Gasteiger partial charge in [-0.05, 0) is 62.7 Å². The van der Waals surface area contributed by atoms with Crippen LogP contribution in [0.4, 0.5) is 0 Å². The molecule has 2 atom stereocenters. The molecule has 0 saturated heterocycles. The van der Waals surface area contributed by atoms with Crippen molar-refractivity contribution in [3.63, 3.8) is 0 Å². The largest absolute Gasteiger partial charge is 0.481 e. The molecule has 0 amide bonds. The molecule has 0 heterocycles. The second-order valence-electron chi connectivity index (χ2n) is 10.9. The lowest BCUT2D eigenvalue weighted by atomic mass is 9.80. The van der Waals surface area contributed by atoms with E-state index >= 15 is 0 Å². The molecule has 0 bridgehead atoms. The third-order valence-electron chi connectivity index (χ3n) is 8.37. The van der Waals surface area contributed by atoms with Gasteiger partial charge in [-0.2, -0.15) is 0 Å². The van der Waals surface area contributed by atoms with Crippen molar-refractivity contribution < 1.29 is 19.7 Å². The molecule has 0 fully saturated rings. The second kappa shape index (κ2) is 12.6. The molecule has 0 radical (unpaired) electrons. The van der Waals surface area contributed by atoms with E-state index in [9.17, 15) is 15.0 Å². The number of benzene rings is 6. The van der Waals surface area contributed by atoms with Gasteiger partial charge in [0.05, 0.1) is 12.7 Å². The molecule has 2 N–H and O–H groups in total. The summed E-state index contributed by atoms with van der Waals surface area (Å²) in [6, 6.07) is 48.2. The SMILES string of the molecule is O=C(O)[C@@H](COC(c1ccccc1)(c1ccccc1)c1ccccc1)[C@@H](O)CCc1c2ccccc2cc2ccccc12. The summed E-state index contributed by atoms with van der Waals surface area (Å²) in [6.07, 6.45) is -0.295. The predicted molar refractivity (Wildman–Crippen MR) is 172 cm³/mol. The van der Waals surface area contributed by atoms with Crippen molar-refractivity contribution >= 4 is 27.5 Å². The number of aliphatic carboxylic acids is 1. The highest BCUT2D eigenvalue weighted by atomic mass is 16.5. The summed E-state index contributed by atoms with van der Waals surface area (Å²) >= 11 is 0. The Labute approximate surface area is 251 Å². The van der Waals surface area contributed by atoms with E-state index in [-0.39, 0.29) is 13.0 Å². The maximum absolute atomic E-state index is 12.7.